The lowest BCUT2D eigenvalue weighted by atomic mass is 9.90. The summed E-state index contributed by atoms with van der Waals surface area (Å²) >= 11 is 0. The Morgan fingerprint density at radius 2 is 2.00 bits per heavy atom. The zero-order valence-corrected chi connectivity index (χ0v) is 13.7. The maximum atomic E-state index is 13.1. The number of carbonyl (C=O) groups is 2. The predicted octanol–water partition coefficient (Wildman–Crippen LogP) is 1.82. The molecule has 0 heterocycles. The van der Waals surface area contributed by atoms with Crippen LogP contribution in [0.2, 0.25) is 0 Å². The van der Waals surface area contributed by atoms with E-state index in [1.807, 2.05) is 24.3 Å². The minimum atomic E-state index is -1.02. The van der Waals surface area contributed by atoms with Gasteiger partial charge in [0.15, 0.2) is 0 Å². The fourth-order valence-electron chi connectivity index (χ4n) is 3.78. The fourth-order valence-corrected chi connectivity index (χ4v) is 3.78. The van der Waals surface area contributed by atoms with Crippen molar-refractivity contribution < 1.29 is 9.59 Å². The number of nitrogens with one attached hydrogen (secondary N) is 3. The zero-order valence-electron chi connectivity index (χ0n) is 13.7. The first-order valence-electron chi connectivity index (χ1n) is 8.54. The first-order chi connectivity index (χ1) is 11.7. The Morgan fingerprint density at radius 1 is 1.25 bits per heavy atom. The van der Waals surface area contributed by atoms with Crippen molar-refractivity contribution in [3.8, 4) is 12.3 Å². The average molecular weight is 325 g/mol. The lowest BCUT2D eigenvalue weighted by Gasteiger charge is -2.31. The Bertz CT molecular complexity index is 673. The summed E-state index contributed by atoms with van der Waals surface area (Å²) in [6.07, 6.45) is 10.8. The standard InChI is InChI=1S/C19H23N3O2/c1-2-13-20-18(24)22-19(17(23)21-15-8-4-5-9-15)12-11-14-7-3-6-10-16(14)19/h1,3,6-7,10,15H,4-5,8-9,11-13H2,(H,21,23)(H2,20,22,24)/t19-/m1/s1. The molecular formula is C19H23N3O2. The maximum absolute atomic E-state index is 13.1. The van der Waals surface area contributed by atoms with E-state index >= 15 is 0 Å². The van der Waals surface area contributed by atoms with Crippen LogP contribution in [0.4, 0.5) is 4.79 Å². The van der Waals surface area contributed by atoms with Gasteiger partial charge in [-0.25, -0.2) is 4.79 Å². The second-order valence-electron chi connectivity index (χ2n) is 6.53. The Kier molecular flexibility index (Phi) is 4.75. The molecular weight excluding hydrogens is 302 g/mol. The van der Waals surface area contributed by atoms with Crippen molar-refractivity contribution in [2.45, 2.75) is 50.1 Å². The summed E-state index contributed by atoms with van der Waals surface area (Å²) < 4.78 is 0. The number of fused-ring (bicyclic) bond motifs is 1. The highest BCUT2D eigenvalue weighted by Crippen LogP contribution is 2.37. The molecule has 0 bridgehead atoms. The van der Waals surface area contributed by atoms with Crippen LogP contribution >= 0.6 is 0 Å². The van der Waals surface area contributed by atoms with E-state index in [9.17, 15) is 9.59 Å². The third-order valence-corrected chi connectivity index (χ3v) is 5.00. The number of amides is 3. The summed E-state index contributed by atoms with van der Waals surface area (Å²) in [4.78, 5) is 25.3. The van der Waals surface area contributed by atoms with Gasteiger partial charge in [-0.05, 0) is 36.8 Å². The molecule has 126 valence electrons. The van der Waals surface area contributed by atoms with Gasteiger partial charge in [-0.1, -0.05) is 43.0 Å². The molecule has 1 aromatic rings. The summed E-state index contributed by atoms with van der Waals surface area (Å²) in [5.74, 6) is 2.26. The van der Waals surface area contributed by atoms with Crippen LogP contribution in [-0.2, 0) is 16.8 Å². The van der Waals surface area contributed by atoms with Crippen LogP contribution in [0.15, 0.2) is 24.3 Å². The van der Waals surface area contributed by atoms with E-state index in [4.69, 9.17) is 6.42 Å². The summed E-state index contributed by atoms with van der Waals surface area (Å²) in [6, 6.07) is 7.60. The molecule has 3 rings (SSSR count). The molecule has 0 aromatic heterocycles. The molecule has 3 amide bonds. The van der Waals surface area contributed by atoms with Crippen LogP contribution in [0, 0.1) is 12.3 Å². The number of terminal acetylenes is 1. The van der Waals surface area contributed by atoms with Gasteiger partial charge in [0.2, 0.25) is 0 Å². The van der Waals surface area contributed by atoms with E-state index in [1.165, 1.54) is 0 Å². The van der Waals surface area contributed by atoms with Crippen molar-refractivity contribution in [1.29, 1.82) is 0 Å². The molecule has 2 aliphatic rings. The summed E-state index contributed by atoms with van der Waals surface area (Å²) in [7, 11) is 0. The van der Waals surface area contributed by atoms with Crippen LogP contribution in [-0.4, -0.2) is 24.5 Å². The smallest absolute Gasteiger partial charge is 0.316 e. The maximum Gasteiger partial charge on any atom is 0.316 e. The Hall–Kier alpha value is -2.48. The van der Waals surface area contributed by atoms with E-state index in [2.05, 4.69) is 21.9 Å². The number of hydrogen-bond acceptors (Lipinski definition) is 2. The number of urea groups is 1. The molecule has 0 aliphatic heterocycles. The van der Waals surface area contributed by atoms with Gasteiger partial charge in [-0.2, -0.15) is 0 Å². The molecule has 1 fully saturated rings. The third kappa shape index (κ3) is 3.09. The van der Waals surface area contributed by atoms with Crippen molar-refractivity contribution in [2.75, 3.05) is 6.54 Å². The summed E-state index contributed by atoms with van der Waals surface area (Å²) in [6.45, 7) is 0.133. The number of benzene rings is 1. The van der Waals surface area contributed by atoms with E-state index in [1.54, 1.807) is 0 Å². The highest BCUT2D eigenvalue weighted by atomic mass is 16.2. The van der Waals surface area contributed by atoms with Crippen LogP contribution in [0.5, 0.6) is 0 Å². The van der Waals surface area contributed by atoms with Crippen molar-refractivity contribution in [3.63, 3.8) is 0 Å². The van der Waals surface area contributed by atoms with Gasteiger partial charge >= 0.3 is 6.03 Å². The van der Waals surface area contributed by atoms with E-state index < -0.39 is 11.6 Å². The molecule has 5 nitrogen and oxygen atoms in total. The van der Waals surface area contributed by atoms with E-state index in [0.717, 1.165) is 43.2 Å². The van der Waals surface area contributed by atoms with E-state index in [0.29, 0.717) is 6.42 Å². The number of aryl methyl sites for hydroxylation is 1. The lowest BCUT2D eigenvalue weighted by Crippen LogP contribution is -2.58. The van der Waals surface area contributed by atoms with Gasteiger partial charge in [0, 0.05) is 6.04 Å². The van der Waals surface area contributed by atoms with Gasteiger partial charge < -0.3 is 16.0 Å². The topological polar surface area (TPSA) is 70.2 Å². The second-order valence-corrected chi connectivity index (χ2v) is 6.53. The highest BCUT2D eigenvalue weighted by Gasteiger charge is 2.47. The number of rotatable bonds is 4. The van der Waals surface area contributed by atoms with Crippen molar-refractivity contribution >= 4 is 11.9 Å². The van der Waals surface area contributed by atoms with Crippen LogP contribution < -0.4 is 16.0 Å². The molecule has 0 unspecified atom stereocenters. The van der Waals surface area contributed by atoms with Gasteiger partial charge in [0.25, 0.3) is 5.91 Å². The van der Waals surface area contributed by atoms with Crippen molar-refractivity contribution in [1.82, 2.24) is 16.0 Å². The molecule has 24 heavy (non-hydrogen) atoms. The fraction of sp³-hybridized carbons (Fsp3) is 0.474. The SMILES string of the molecule is C#CCNC(=O)N[C@]1(C(=O)NC2CCCC2)CCc2ccccc21. The Morgan fingerprint density at radius 3 is 2.75 bits per heavy atom. The third-order valence-electron chi connectivity index (χ3n) is 5.00. The molecule has 2 aliphatic carbocycles. The molecule has 1 saturated carbocycles. The molecule has 0 saturated heterocycles. The minimum Gasteiger partial charge on any atom is -0.351 e. The van der Waals surface area contributed by atoms with Gasteiger partial charge in [-0.3, -0.25) is 4.79 Å². The predicted molar refractivity (Wildman–Crippen MR) is 92.2 cm³/mol. The van der Waals surface area contributed by atoms with Gasteiger partial charge in [-0.15, -0.1) is 6.42 Å². The van der Waals surface area contributed by atoms with Crippen LogP contribution in [0.3, 0.4) is 0 Å². The quantitative estimate of drug-likeness (QED) is 0.739. The zero-order chi connectivity index (χ0) is 17.0. The highest BCUT2D eigenvalue weighted by molar-refractivity contribution is 5.93. The summed E-state index contributed by atoms with van der Waals surface area (Å²) in [5, 5.41) is 8.64. The van der Waals surface area contributed by atoms with Crippen molar-refractivity contribution in [3.05, 3.63) is 35.4 Å². The Labute approximate surface area is 142 Å². The van der Waals surface area contributed by atoms with E-state index in [-0.39, 0.29) is 18.5 Å². The molecule has 0 spiro atoms. The second kappa shape index (κ2) is 6.96. The number of hydrogen-bond donors (Lipinski definition) is 3. The van der Waals surface area contributed by atoms with Crippen molar-refractivity contribution in [2.24, 2.45) is 0 Å². The van der Waals surface area contributed by atoms with Gasteiger partial charge in [0.1, 0.15) is 5.54 Å². The normalized spacial score (nSPS) is 22.5. The molecule has 1 atom stereocenters. The molecule has 0 radical (unpaired) electrons. The van der Waals surface area contributed by atoms with Crippen LogP contribution in [0.25, 0.3) is 0 Å². The first kappa shape index (κ1) is 16.4. The van der Waals surface area contributed by atoms with Crippen LogP contribution in [0.1, 0.15) is 43.2 Å². The largest absolute Gasteiger partial charge is 0.351 e. The average Bonchev–Trinajstić information content (AvgIpc) is 3.22. The minimum absolute atomic E-state index is 0.116. The summed E-state index contributed by atoms with van der Waals surface area (Å²) in [5.41, 5.74) is 0.977. The first-order valence-corrected chi connectivity index (χ1v) is 8.54. The molecule has 5 heteroatoms. The van der Waals surface area contributed by atoms with Gasteiger partial charge in [0.05, 0.1) is 6.54 Å². The lowest BCUT2D eigenvalue weighted by molar-refractivity contribution is -0.128. The number of carbonyl (C=O) groups excluding carboxylic acids is 2. The monoisotopic (exact) mass is 325 g/mol. The molecule has 1 aromatic carbocycles. The Balaban J connectivity index is 1.85. The molecule has 3 N–H and O–H groups in total.